The molecule has 1 atom stereocenters. The quantitative estimate of drug-likeness (QED) is 0.857. The summed E-state index contributed by atoms with van der Waals surface area (Å²) in [6, 6.07) is 8.21. The molecule has 2 N–H and O–H groups in total. The Morgan fingerprint density at radius 3 is 2.73 bits per heavy atom. The van der Waals surface area contributed by atoms with E-state index in [2.05, 4.69) is 10.6 Å². The van der Waals surface area contributed by atoms with Crippen LogP contribution < -0.4 is 15.4 Å². The molecule has 136 valence electrons. The maximum atomic E-state index is 13.1. The van der Waals surface area contributed by atoms with E-state index >= 15 is 0 Å². The third-order valence-corrected chi connectivity index (χ3v) is 4.16. The zero-order valence-electron chi connectivity index (χ0n) is 13.5. The first-order valence-corrected chi connectivity index (χ1v) is 8.24. The zero-order valence-corrected chi connectivity index (χ0v) is 14.3. The molecule has 26 heavy (non-hydrogen) atoms. The summed E-state index contributed by atoms with van der Waals surface area (Å²) < 4.78 is 31.5. The molecule has 0 spiro atoms. The van der Waals surface area contributed by atoms with Gasteiger partial charge < -0.3 is 15.4 Å². The van der Waals surface area contributed by atoms with E-state index in [-0.39, 0.29) is 24.7 Å². The van der Waals surface area contributed by atoms with E-state index in [0.29, 0.717) is 17.2 Å². The number of fused-ring (bicyclic) bond motifs is 1. The lowest BCUT2D eigenvalue weighted by Crippen LogP contribution is -2.40. The highest BCUT2D eigenvalue weighted by Gasteiger charge is 2.26. The van der Waals surface area contributed by atoms with Gasteiger partial charge in [0.25, 0.3) is 0 Å². The molecule has 0 aromatic heterocycles. The lowest BCUT2D eigenvalue weighted by molar-refractivity contribution is -0.128. The number of carbonyl (C=O) groups is 2. The van der Waals surface area contributed by atoms with Crippen LogP contribution in [0.2, 0.25) is 5.02 Å². The molecule has 2 aromatic carbocycles. The van der Waals surface area contributed by atoms with Crippen LogP contribution in [0.4, 0.5) is 14.5 Å². The van der Waals surface area contributed by atoms with Gasteiger partial charge in [-0.1, -0.05) is 11.6 Å². The van der Waals surface area contributed by atoms with Crippen molar-refractivity contribution in [1.82, 2.24) is 5.32 Å². The predicted octanol–water partition coefficient (Wildman–Crippen LogP) is 2.92. The Kier molecular flexibility index (Phi) is 5.37. The minimum Gasteiger partial charge on any atom is -0.492 e. The Morgan fingerprint density at radius 2 is 1.96 bits per heavy atom. The summed E-state index contributed by atoms with van der Waals surface area (Å²) in [5.41, 5.74) is 0.933. The van der Waals surface area contributed by atoms with Crippen LogP contribution in [0.25, 0.3) is 0 Å². The van der Waals surface area contributed by atoms with Gasteiger partial charge in [-0.2, -0.15) is 0 Å². The van der Waals surface area contributed by atoms with Crippen molar-refractivity contribution < 1.29 is 23.1 Å². The average Bonchev–Trinajstić information content (AvgIpc) is 2.62. The van der Waals surface area contributed by atoms with Gasteiger partial charge in [0.1, 0.15) is 12.4 Å². The van der Waals surface area contributed by atoms with Crippen molar-refractivity contribution in [3.63, 3.8) is 0 Å². The fourth-order valence-corrected chi connectivity index (χ4v) is 2.82. The van der Waals surface area contributed by atoms with Gasteiger partial charge in [-0.25, -0.2) is 8.78 Å². The van der Waals surface area contributed by atoms with E-state index in [0.717, 1.165) is 17.7 Å². The van der Waals surface area contributed by atoms with E-state index in [9.17, 15) is 18.4 Å². The zero-order chi connectivity index (χ0) is 18.7. The topological polar surface area (TPSA) is 67.4 Å². The van der Waals surface area contributed by atoms with Crippen LogP contribution in [0, 0.1) is 17.6 Å². The molecular formula is C18H15ClF2N2O3. The number of carbonyl (C=O) groups excluding carboxylic acids is 2. The molecule has 3 rings (SSSR count). The molecule has 2 aromatic rings. The molecule has 0 bridgehead atoms. The van der Waals surface area contributed by atoms with Gasteiger partial charge in [-0.15, -0.1) is 0 Å². The monoisotopic (exact) mass is 380 g/mol. The first kappa shape index (κ1) is 18.1. The largest absolute Gasteiger partial charge is 0.492 e. The van der Waals surface area contributed by atoms with E-state index < -0.39 is 23.5 Å². The van der Waals surface area contributed by atoms with Crippen LogP contribution in [0.15, 0.2) is 36.4 Å². The van der Waals surface area contributed by atoms with Crippen molar-refractivity contribution in [1.29, 1.82) is 0 Å². The van der Waals surface area contributed by atoms with Crippen molar-refractivity contribution in [3.8, 4) is 5.75 Å². The second-order valence-electron chi connectivity index (χ2n) is 5.86. The lowest BCUT2D eigenvalue weighted by Gasteiger charge is -2.24. The van der Waals surface area contributed by atoms with E-state index in [1.807, 2.05) is 0 Å². The first-order valence-electron chi connectivity index (χ1n) is 7.86. The molecule has 1 heterocycles. The van der Waals surface area contributed by atoms with E-state index in [1.54, 1.807) is 18.2 Å². The number of hydrogen-bond acceptors (Lipinski definition) is 3. The maximum Gasteiger partial charge on any atom is 0.243 e. The Morgan fingerprint density at radius 1 is 1.15 bits per heavy atom. The van der Waals surface area contributed by atoms with E-state index in [4.69, 9.17) is 16.3 Å². The Hall–Kier alpha value is -2.67. The van der Waals surface area contributed by atoms with Crippen molar-refractivity contribution in [2.45, 2.75) is 6.42 Å². The molecule has 2 amide bonds. The number of nitrogens with one attached hydrogen (secondary N) is 2. The fraction of sp³-hybridized carbons (Fsp3) is 0.222. The van der Waals surface area contributed by atoms with Crippen LogP contribution in [0.5, 0.6) is 5.75 Å². The van der Waals surface area contributed by atoms with Gasteiger partial charge in [-0.05, 0) is 42.3 Å². The number of hydrogen-bond donors (Lipinski definition) is 2. The second kappa shape index (κ2) is 7.70. The lowest BCUT2D eigenvalue weighted by atomic mass is 9.96. The number of benzene rings is 2. The number of halogens is 3. The SMILES string of the molecule is O=C(CNC(=O)[C@@H]1COc2ccc(Cl)cc2C1)Nc1ccc(F)c(F)c1. The predicted molar refractivity (Wildman–Crippen MR) is 92.1 cm³/mol. The molecule has 0 aliphatic carbocycles. The summed E-state index contributed by atoms with van der Waals surface area (Å²) in [7, 11) is 0. The molecule has 0 unspecified atom stereocenters. The van der Waals surface area contributed by atoms with Crippen molar-refractivity contribution in [2.24, 2.45) is 5.92 Å². The molecule has 5 nitrogen and oxygen atoms in total. The second-order valence-corrected chi connectivity index (χ2v) is 6.30. The van der Waals surface area contributed by atoms with Gasteiger partial charge >= 0.3 is 0 Å². The molecule has 0 saturated carbocycles. The Labute approximate surface area is 153 Å². The van der Waals surface area contributed by atoms with Gasteiger partial charge in [-0.3, -0.25) is 9.59 Å². The third kappa shape index (κ3) is 4.29. The maximum absolute atomic E-state index is 13.1. The molecule has 8 heteroatoms. The summed E-state index contributed by atoms with van der Waals surface area (Å²) in [5.74, 6) is -2.72. The van der Waals surface area contributed by atoms with Gasteiger partial charge in [0.05, 0.1) is 12.5 Å². The highest BCUT2D eigenvalue weighted by Crippen LogP contribution is 2.29. The van der Waals surface area contributed by atoms with Crippen molar-refractivity contribution in [3.05, 3.63) is 58.6 Å². The standard InChI is InChI=1S/C18H15ClF2N2O3/c19-12-1-4-16-10(6-12)5-11(9-26-16)18(25)22-8-17(24)23-13-2-3-14(20)15(21)7-13/h1-4,6-7,11H,5,8-9H2,(H,22,25)(H,23,24)/t11-/m0/s1. The minimum atomic E-state index is -1.07. The number of anilines is 1. The van der Waals surface area contributed by atoms with Crippen LogP contribution in [0.1, 0.15) is 5.56 Å². The van der Waals surface area contributed by atoms with Crippen LogP contribution in [0.3, 0.4) is 0 Å². The normalized spacial score (nSPS) is 15.6. The van der Waals surface area contributed by atoms with Crippen LogP contribution in [-0.2, 0) is 16.0 Å². The van der Waals surface area contributed by atoms with Gasteiger partial charge in [0.2, 0.25) is 11.8 Å². The highest BCUT2D eigenvalue weighted by molar-refractivity contribution is 6.30. The van der Waals surface area contributed by atoms with Crippen molar-refractivity contribution in [2.75, 3.05) is 18.5 Å². The van der Waals surface area contributed by atoms with Crippen LogP contribution >= 0.6 is 11.6 Å². The summed E-state index contributed by atoms with van der Waals surface area (Å²) in [6.45, 7) is -0.0952. The molecule has 0 radical (unpaired) electrons. The average molecular weight is 381 g/mol. The van der Waals surface area contributed by atoms with Gasteiger partial charge in [0.15, 0.2) is 11.6 Å². The molecule has 0 saturated heterocycles. The van der Waals surface area contributed by atoms with E-state index in [1.165, 1.54) is 6.07 Å². The number of rotatable bonds is 4. The highest BCUT2D eigenvalue weighted by atomic mass is 35.5. The molecule has 1 aliphatic rings. The summed E-state index contributed by atoms with van der Waals surface area (Å²) in [4.78, 5) is 24.1. The minimum absolute atomic E-state index is 0.104. The van der Waals surface area contributed by atoms with Crippen LogP contribution in [-0.4, -0.2) is 25.0 Å². The van der Waals surface area contributed by atoms with Gasteiger partial charge in [0, 0.05) is 16.8 Å². The molecule has 0 fully saturated rings. The fourth-order valence-electron chi connectivity index (χ4n) is 2.62. The smallest absolute Gasteiger partial charge is 0.243 e. The third-order valence-electron chi connectivity index (χ3n) is 3.93. The summed E-state index contributed by atoms with van der Waals surface area (Å²) in [6.07, 6.45) is 0.451. The summed E-state index contributed by atoms with van der Waals surface area (Å²) >= 11 is 5.95. The number of amides is 2. The number of ether oxygens (including phenoxy) is 1. The summed E-state index contributed by atoms with van der Waals surface area (Å²) in [5, 5.41) is 5.45. The van der Waals surface area contributed by atoms with Crippen molar-refractivity contribution >= 4 is 29.1 Å². The Bertz CT molecular complexity index is 860. The Balaban J connectivity index is 1.52. The molecule has 1 aliphatic heterocycles. The first-order chi connectivity index (χ1) is 12.4. The molecular weight excluding hydrogens is 366 g/mol.